The molecule has 0 atom stereocenters. The fourth-order valence-corrected chi connectivity index (χ4v) is 2.34. The second-order valence-corrected chi connectivity index (χ2v) is 5.48. The molecule has 6 nitrogen and oxygen atoms in total. The predicted octanol–water partition coefficient (Wildman–Crippen LogP) is 2.59. The van der Waals surface area contributed by atoms with Gasteiger partial charge in [0.25, 0.3) is 5.91 Å². The molecule has 0 radical (unpaired) electrons. The van der Waals surface area contributed by atoms with Crippen LogP contribution in [-0.4, -0.2) is 20.4 Å². The summed E-state index contributed by atoms with van der Waals surface area (Å²) in [6.07, 6.45) is 4.59. The predicted molar refractivity (Wildman–Crippen MR) is 91.2 cm³/mol. The van der Waals surface area contributed by atoms with Crippen molar-refractivity contribution in [2.24, 2.45) is 0 Å². The maximum atomic E-state index is 12.2. The molecule has 1 aromatic carbocycles. The lowest BCUT2D eigenvalue weighted by molar-refractivity contribution is 0.102. The van der Waals surface area contributed by atoms with Crippen LogP contribution < -0.4 is 11.0 Å². The molecule has 3 rings (SSSR count). The summed E-state index contributed by atoms with van der Waals surface area (Å²) in [5, 5.41) is 3.21. The summed E-state index contributed by atoms with van der Waals surface area (Å²) in [6.45, 7) is 0.367. The molecule has 0 fully saturated rings. The van der Waals surface area contributed by atoms with Gasteiger partial charge in [-0.2, -0.15) is 0 Å². The second-order valence-electron chi connectivity index (χ2n) is 5.04. The maximum absolute atomic E-state index is 12.2. The lowest BCUT2D eigenvalue weighted by atomic mass is 10.2. The standard InChI is InChI=1S/C17H13ClN4O2/c18-13-5-7-19-15(10-13)16(23)21-14-4-1-3-12(9-14)11-22-8-2-6-20-17(22)24/h1-10H,11H2,(H,21,23). The average molecular weight is 341 g/mol. The number of pyridine rings is 1. The number of anilines is 1. The zero-order valence-electron chi connectivity index (χ0n) is 12.5. The number of nitrogens with one attached hydrogen (secondary N) is 1. The number of benzene rings is 1. The monoisotopic (exact) mass is 340 g/mol. The minimum atomic E-state index is -0.354. The van der Waals surface area contributed by atoms with E-state index in [-0.39, 0.29) is 17.3 Å². The third-order valence-electron chi connectivity index (χ3n) is 3.28. The molecule has 7 heteroatoms. The van der Waals surface area contributed by atoms with Gasteiger partial charge >= 0.3 is 5.69 Å². The highest BCUT2D eigenvalue weighted by Gasteiger charge is 2.08. The number of carbonyl (C=O) groups excluding carboxylic acids is 1. The van der Waals surface area contributed by atoms with E-state index in [9.17, 15) is 9.59 Å². The van der Waals surface area contributed by atoms with Crippen LogP contribution in [0.1, 0.15) is 16.1 Å². The van der Waals surface area contributed by atoms with Crippen LogP contribution in [0, 0.1) is 0 Å². The molecule has 0 aliphatic heterocycles. The molecule has 0 aliphatic carbocycles. The summed E-state index contributed by atoms with van der Waals surface area (Å²) >= 11 is 5.86. The SMILES string of the molecule is O=C(Nc1cccc(Cn2cccnc2=O)c1)c1cc(Cl)ccn1. The Bertz CT molecular complexity index is 939. The van der Waals surface area contributed by atoms with E-state index >= 15 is 0 Å². The highest BCUT2D eigenvalue weighted by molar-refractivity contribution is 6.30. The van der Waals surface area contributed by atoms with Crippen LogP contribution in [0.5, 0.6) is 0 Å². The number of rotatable bonds is 4. The van der Waals surface area contributed by atoms with E-state index in [1.807, 2.05) is 6.07 Å². The fraction of sp³-hybridized carbons (Fsp3) is 0.0588. The van der Waals surface area contributed by atoms with Gasteiger partial charge in [0.1, 0.15) is 5.69 Å². The molecule has 1 amide bonds. The normalized spacial score (nSPS) is 10.4. The Balaban J connectivity index is 1.77. The first-order valence-corrected chi connectivity index (χ1v) is 7.53. The summed E-state index contributed by atoms with van der Waals surface area (Å²) in [5.74, 6) is -0.354. The van der Waals surface area contributed by atoms with Crippen molar-refractivity contribution in [3.05, 3.63) is 87.8 Å². The van der Waals surface area contributed by atoms with Crippen LogP contribution in [0.3, 0.4) is 0 Å². The summed E-state index contributed by atoms with van der Waals surface area (Å²) in [7, 11) is 0. The number of carbonyl (C=O) groups is 1. The molecule has 24 heavy (non-hydrogen) atoms. The van der Waals surface area contributed by atoms with E-state index < -0.39 is 0 Å². The third kappa shape index (κ3) is 3.85. The van der Waals surface area contributed by atoms with Crippen molar-refractivity contribution >= 4 is 23.2 Å². The number of nitrogens with zero attached hydrogens (tertiary/aromatic N) is 3. The van der Waals surface area contributed by atoms with Gasteiger partial charge in [-0.3, -0.25) is 14.3 Å². The summed E-state index contributed by atoms with van der Waals surface area (Å²) in [6, 6.07) is 12.0. The van der Waals surface area contributed by atoms with Crippen LogP contribution in [0.15, 0.2) is 65.8 Å². The Labute approximate surface area is 142 Å². The van der Waals surface area contributed by atoms with Crippen molar-refractivity contribution in [2.75, 3.05) is 5.32 Å². The van der Waals surface area contributed by atoms with Gasteiger partial charge in [-0.25, -0.2) is 9.78 Å². The molecule has 2 aromatic heterocycles. The van der Waals surface area contributed by atoms with Crippen molar-refractivity contribution in [3.63, 3.8) is 0 Å². The van der Waals surface area contributed by atoms with Crippen LogP contribution in [0.25, 0.3) is 0 Å². The molecule has 0 saturated carbocycles. The molecule has 2 heterocycles. The molecular weight excluding hydrogens is 328 g/mol. The molecule has 120 valence electrons. The highest BCUT2D eigenvalue weighted by atomic mass is 35.5. The van der Waals surface area contributed by atoms with E-state index in [0.29, 0.717) is 17.3 Å². The zero-order valence-corrected chi connectivity index (χ0v) is 13.3. The molecule has 0 saturated heterocycles. The highest BCUT2D eigenvalue weighted by Crippen LogP contribution is 2.14. The fourth-order valence-electron chi connectivity index (χ4n) is 2.18. The van der Waals surface area contributed by atoms with Gasteiger partial charge < -0.3 is 5.32 Å². The smallest absolute Gasteiger partial charge is 0.321 e. The summed E-state index contributed by atoms with van der Waals surface area (Å²) in [4.78, 5) is 31.6. The minimum Gasteiger partial charge on any atom is -0.321 e. The Morgan fingerprint density at radius 3 is 2.79 bits per heavy atom. The van der Waals surface area contributed by atoms with E-state index in [1.165, 1.54) is 23.0 Å². The Hall–Kier alpha value is -2.99. The number of hydrogen-bond acceptors (Lipinski definition) is 4. The molecule has 0 spiro atoms. The lowest BCUT2D eigenvalue weighted by Gasteiger charge is -2.08. The van der Waals surface area contributed by atoms with Crippen molar-refractivity contribution in [1.82, 2.24) is 14.5 Å². The van der Waals surface area contributed by atoms with Crippen LogP contribution >= 0.6 is 11.6 Å². The lowest BCUT2D eigenvalue weighted by Crippen LogP contribution is -2.22. The Kier molecular flexibility index (Phi) is 4.67. The first-order valence-electron chi connectivity index (χ1n) is 7.15. The molecule has 3 aromatic rings. The van der Waals surface area contributed by atoms with Gasteiger partial charge in [-0.15, -0.1) is 0 Å². The van der Waals surface area contributed by atoms with E-state index in [4.69, 9.17) is 11.6 Å². The van der Waals surface area contributed by atoms with Crippen molar-refractivity contribution in [2.45, 2.75) is 6.54 Å². The largest absolute Gasteiger partial charge is 0.347 e. The Morgan fingerprint density at radius 1 is 1.12 bits per heavy atom. The maximum Gasteiger partial charge on any atom is 0.347 e. The molecule has 1 N–H and O–H groups in total. The van der Waals surface area contributed by atoms with E-state index in [2.05, 4.69) is 15.3 Å². The average Bonchev–Trinajstić information content (AvgIpc) is 2.57. The number of aromatic nitrogens is 3. The topological polar surface area (TPSA) is 76.9 Å². The molecule has 0 bridgehead atoms. The minimum absolute atomic E-state index is 0.233. The van der Waals surface area contributed by atoms with Gasteiger partial charge in [0.15, 0.2) is 0 Å². The van der Waals surface area contributed by atoms with Gasteiger partial charge in [-0.1, -0.05) is 23.7 Å². The quantitative estimate of drug-likeness (QED) is 0.792. The van der Waals surface area contributed by atoms with Gasteiger partial charge in [0.2, 0.25) is 0 Å². The van der Waals surface area contributed by atoms with Crippen LogP contribution in [0.2, 0.25) is 5.02 Å². The van der Waals surface area contributed by atoms with Gasteiger partial charge in [0, 0.05) is 29.3 Å². The van der Waals surface area contributed by atoms with Gasteiger partial charge in [0.05, 0.1) is 6.54 Å². The molecule has 0 unspecified atom stereocenters. The summed E-state index contributed by atoms with van der Waals surface area (Å²) in [5.41, 5.74) is 1.38. The first kappa shape index (κ1) is 15.9. The van der Waals surface area contributed by atoms with Crippen molar-refractivity contribution in [1.29, 1.82) is 0 Å². The number of amides is 1. The van der Waals surface area contributed by atoms with Crippen molar-refractivity contribution < 1.29 is 4.79 Å². The second kappa shape index (κ2) is 7.06. The third-order valence-corrected chi connectivity index (χ3v) is 3.51. The van der Waals surface area contributed by atoms with Gasteiger partial charge in [-0.05, 0) is 35.9 Å². The first-order chi connectivity index (χ1) is 11.6. The summed E-state index contributed by atoms with van der Waals surface area (Å²) < 4.78 is 1.49. The van der Waals surface area contributed by atoms with Crippen LogP contribution in [0.4, 0.5) is 5.69 Å². The Morgan fingerprint density at radius 2 is 2.00 bits per heavy atom. The van der Waals surface area contributed by atoms with E-state index in [1.54, 1.807) is 36.5 Å². The molecular formula is C17H13ClN4O2. The number of hydrogen-bond donors (Lipinski definition) is 1. The number of halogens is 1. The molecule has 0 aliphatic rings. The van der Waals surface area contributed by atoms with Crippen molar-refractivity contribution in [3.8, 4) is 0 Å². The van der Waals surface area contributed by atoms with E-state index in [0.717, 1.165) is 5.56 Å². The van der Waals surface area contributed by atoms with Crippen LogP contribution in [-0.2, 0) is 6.54 Å². The zero-order chi connectivity index (χ0) is 16.9.